The second-order valence-corrected chi connectivity index (χ2v) is 9.85. The zero-order valence-corrected chi connectivity index (χ0v) is 21.9. The minimum absolute atomic E-state index is 0.0859. The maximum Gasteiger partial charge on any atom is 0.267 e. The number of nitrogens with zero attached hydrogens (tertiary/aromatic N) is 2. The van der Waals surface area contributed by atoms with E-state index < -0.39 is 11.8 Å². The molecule has 4 aromatic rings. The summed E-state index contributed by atoms with van der Waals surface area (Å²) < 4.78 is 0. The van der Waals surface area contributed by atoms with Crippen molar-refractivity contribution in [2.24, 2.45) is 0 Å². The Hall–Kier alpha value is -3.09. The van der Waals surface area contributed by atoms with Crippen LogP contribution in [0.5, 0.6) is 5.75 Å². The molecule has 0 bridgehead atoms. The lowest BCUT2D eigenvalue weighted by Gasteiger charge is -2.16. The van der Waals surface area contributed by atoms with Gasteiger partial charge in [0.25, 0.3) is 11.8 Å². The van der Waals surface area contributed by atoms with Crippen LogP contribution in [0.4, 0.5) is 5.69 Å². The van der Waals surface area contributed by atoms with E-state index in [9.17, 15) is 14.7 Å². The highest BCUT2D eigenvalue weighted by molar-refractivity contribution is 6.56. The van der Waals surface area contributed by atoms with Crippen LogP contribution in [0.15, 0.2) is 42.5 Å². The summed E-state index contributed by atoms with van der Waals surface area (Å²) in [6.45, 7) is 3.78. The zero-order valence-electron chi connectivity index (χ0n) is 18.9. The number of anilines is 1. The normalized spacial score (nSPS) is 13.3. The van der Waals surface area contributed by atoms with Gasteiger partial charge in [-0.15, -0.1) is 0 Å². The number of phenols is 1. The number of aryl methyl sites for hydroxylation is 2. The number of benzene rings is 3. The van der Waals surface area contributed by atoms with Gasteiger partial charge in [0.1, 0.15) is 11.3 Å². The van der Waals surface area contributed by atoms with Gasteiger partial charge in [0.15, 0.2) is 0 Å². The van der Waals surface area contributed by atoms with Crippen LogP contribution >= 0.6 is 46.4 Å². The zero-order chi connectivity index (χ0) is 25.9. The van der Waals surface area contributed by atoms with E-state index in [4.69, 9.17) is 46.4 Å². The number of pyridine rings is 1. The predicted molar refractivity (Wildman–Crippen MR) is 146 cm³/mol. The SMILES string of the molecule is Cc1cc(C)c2ccc(/C=C/c3ccccc3N3C(=O)c4c(Cl)c(Cl)c(Cl)c(Cl)c4C3=O)nc2c1O. The van der Waals surface area contributed by atoms with Crippen LogP contribution < -0.4 is 4.90 Å². The third kappa shape index (κ3) is 3.75. The van der Waals surface area contributed by atoms with Crippen LogP contribution in [-0.2, 0) is 0 Å². The van der Waals surface area contributed by atoms with Crippen LogP contribution in [-0.4, -0.2) is 21.9 Å². The molecule has 5 rings (SSSR count). The number of hydrogen-bond donors (Lipinski definition) is 1. The number of phenolic OH excluding ortho intramolecular Hbond substituents is 1. The lowest BCUT2D eigenvalue weighted by atomic mass is 10.0. The Balaban J connectivity index is 1.58. The summed E-state index contributed by atoms with van der Waals surface area (Å²) in [6.07, 6.45) is 3.47. The number of carbonyl (C=O) groups excluding carboxylic acids is 2. The van der Waals surface area contributed by atoms with Crippen molar-refractivity contribution < 1.29 is 14.7 Å². The molecule has 2 heterocycles. The molecule has 180 valence electrons. The van der Waals surface area contributed by atoms with E-state index in [2.05, 4.69) is 4.98 Å². The molecule has 1 aromatic heterocycles. The van der Waals surface area contributed by atoms with Gasteiger partial charge >= 0.3 is 0 Å². The first kappa shape index (κ1) is 24.6. The van der Waals surface area contributed by atoms with Crippen LogP contribution in [0.2, 0.25) is 20.1 Å². The van der Waals surface area contributed by atoms with Crippen molar-refractivity contribution in [2.75, 3.05) is 4.90 Å². The molecule has 0 atom stereocenters. The Morgan fingerprint density at radius 2 is 1.42 bits per heavy atom. The summed E-state index contributed by atoms with van der Waals surface area (Å²) in [6, 6.07) is 12.5. The number of carbonyl (C=O) groups is 2. The monoisotopic (exact) mass is 556 g/mol. The standard InChI is InChI=1S/C27H16Cl4N2O3/c1-12-11-13(2)25(34)24-16(12)10-9-15(32-24)8-7-14-5-3-4-6-17(14)33-26(35)18-19(27(33)36)21(29)23(31)22(30)20(18)28/h3-11,34H,1-2H3/b8-7+. The van der Waals surface area contributed by atoms with E-state index in [1.807, 2.05) is 32.0 Å². The smallest absolute Gasteiger partial charge is 0.267 e. The fraction of sp³-hybridized carbons (Fsp3) is 0.0741. The van der Waals surface area contributed by atoms with Crippen molar-refractivity contribution in [3.8, 4) is 5.75 Å². The number of aromatic hydroxyl groups is 1. The van der Waals surface area contributed by atoms with Crippen molar-refractivity contribution in [1.29, 1.82) is 0 Å². The van der Waals surface area contributed by atoms with Crippen LogP contribution in [0.3, 0.4) is 0 Å². The summed E-state index contributed by atoms with van der Waals surface area (Å²) in [5, 5.41) is 10.9. The van der Waals surface area contributed by atoms with E-state index in [0.29, 0.717) is 22.5 Å². The molecule has 9 heteroatoms. The maximum atomic E-state index is 13.3. The molecule has 0 spiro atoms. The Bertz CT molecular complexity index is 1620. The molecule has 0 saturated heterocycles. The van der Waals surface area contributed by atoms with Crippen molar-refractivity contribution in [3.63, 3.8) is 0 Å². The molecule has 0 unspecified atom stereocenters. The molecule has 36 heavy (non-hydrogen) atoms. The van der Waals surface area contributed by atoms with Gasteiger partial charge in [-0.3, -0.25) is 9.59 Å². The van der Waals surface area contributed by atoms with Crippen molar-refractivity contribution in [1.82, 2.24) is 4.98 Å². The van der Waals surface area contributed by atoms with Gasteiger partial charge in [0, 0.05) is 5.39 Å². The predicted octanol–water partition coefficient (Wildman–Crippen LogP) is 8.14. The Morgan fingerprint density at radius 1 is 0.806 bits per heavy atom. The fourth-order valence-corrected chi connectivity index (χ4v) is 5.31. The van der Waals surface area contributed by atoms with E-state index in [0.717, 1.165) is 21.4 Å². The third-order valence-electron chi connectivity index (χ3n) is 6.08. The molecule has 1 N–H and O–H groups in total. The molecule has 1 aliphatic rings. The molecule has 0 radical (unpaired) electrons. The fourth-order valence-electron chi connectivity index (χ4n) is 4.30. The Labute approximate surface area is 226 Å². The van der Waals surface area contributed by atoms with Gasteiger partial charge in [-0.2, -0.15) is 0 Å². The number of halogens is 4. The average Bonchev–Trinajstić information content (AvgIpc) is 3.13. The Kier molecular flexibility index (Phi) is 6.21. The number of imide groups is 1. The summed E-state index contributed by atoms with van der Waals surface area (Å²) in [7, 11) is 0. The highest BCUT2D eigenvalue weighted by Crippen LogP contribution is 2.46. The number of fused-ring (bicyclic) bond motifs is 2. The number of para-hydroxylation sites is 1. The first-order chi connectivity index (χ1) is 17.1. The van der Waals surface area contributed by atoms with E-state index >= 15 is 0 Å². The third-order valence-corrected chi connectivity index (χ3v) is 7.89. The maximum absolute atomic E-state index is 13.3. The van der Waals surface area contributed by atoms with E-state index in [1.165, 1.54) is 0 Å². The molecule has 0 saturated carbocycles. The van der Waals surface area contributed by atoms with Gasteiger partial charge in [-0.25, -0.2) is 9.88 Å². The van der Waals surface area contributed by atoms with Gasteiger partial charge in [0.05, 0.1) is 42.6 Å². The molecule has 0 fully saturated rings. The number of aromatic nitrogens is 1. The topological polar surface area (TPSA) is 70.5 Å². The van der Waals surface area contributed by atoms with E-state index in [-0.39, 0.29) is 37.0 Å². The highest BCUT2D eigenvalue weighted by atomic mass is 35.5. The number of rotatable bonds is 3. The van der Waals surface area contributed by atoms with Gasteiger partial charge < -0.3 is 5.11 Å². The van der Waals surface area contributed by atoms with Crippen LogP contribution in [0.25, 0.3) is 23.1 Å². The van der Waals surface area contributed by atoms with Gasteiger partial charge in [0.2, 0.25) is 0 Å². The molecule has 5 nitrogen and oxygen atoms in total. The largest absolute Gasteiger partial charge is 0.505 e. The lowest BCUT2D eigenvalue weighted by molar-refractivity contribution is 0.0926. The Morgan fingerprint density at radius 3 is 2.06 bits per heavy atom. The van der Waals surface area contributed by atoms with E-state index in [1.54, 1.807) is 36.4 Å². The summed E-state index contributed by atoms with van der Waals surface area (Å²) in [5.41, 5.74) is 3.57. The number of amides is 2. The van der Waals surface area contributed by atoms with Gasteiger partial charge in [-0.05, 0) is 48.7 Å². The quantitative estimate of drug-likeness (QED) is 0.157. The first-order valence-electron chi connectivity index (χ1n) is 10.7. The molecular weight excluding hydrogens is 542 g/mol. The second kappa shape index (κ2) is 9.09. The van der Waals surface area contributed by atoms with Crippen LogP contribution in [0, 0.1) is 13.8 Å². The summed E-state index contributed by atoms with van der Waals surface area (Å²) in [4.78, 5) is 32.2. The minimum atomic E-state index is -0.652. The van der Waals surface area contributed by atoms with Crippen LogP contribution in [0.1, 0.15) is 43.1 Å². The molecule has 0 aliphatic carbocycles. The molecule has 3 aromatic carbocycles. The van der Waals surface area contributed by atoms with Crippen molar-refractivity contribution >= 4 is 87.0 Å². The average molecular weight is 558 g/mol. The minimum Gasteiger partial charge on any atom is -0.505 e. The summed E-state index contributed by atoms with van der Waals surface area (Å²) in [5.74, 6) is -1.18. The summed E-state index contributed by atoms with van der Waals surface area (Å²) >= 11 is 24.8. The molecule has 2 amide bonds. The second-order valence-electron chi connectivity index (χ2n) is 8.34. The number of hydrogen-bond acceptors (Lipinski definition) is 4. The molecule has 1 aliphatic heterocycles. The van der Waals surface area contributed by atoms with Crippen molar-refractivity contribution in [3.05, 3.63) is 96.1 Å². The van der Waals surface area contributed by atoms with Gasteiger partial charge in [-0.1, -0.05) is 82.8 Å². The molecular formula is C27H16Cl4N2O3. The first-order valence-corrected chi connectivity index (χ1v) is 12.2. The van der Waals surface area contributed by atoms with Crippen molar-refractivity contribution in [2.45, 2.75) is 13.8 Å². The lowest BCUT2D eigenvalue weighted by Crippen LogP contribution is -2.30. The highest BCUT2D eigenvalue weighted by Gasteiger charge is 2.42.